The van der Waals surface area contributed by atoms with Crippen LogP contribution >= 0.6 is 11.8 Å². The molecule has 0 spiro atoms. The van der Waals surface area contributed by atoms with Crippen molar-refractivity contribution in [3.8, 4) is 0 Å². The Hall–Kier alpha value is -1.49. The fraction of sp³-hybridized carbons (Fsp3) is 0.467. The third kappa shape index (κ3) is 2.98. The number of carboxylic acids is 2. The molecule has 1 aromatic carbocycles. The van der Waals surface area contributed by atoms with Crippen molar-refractivity contribution in [2.75, 3.05) is 5.75 Å². The van der Waals surface area contributed by atoms with E-state index >= 15 is 0 Å². The van der Waals surface area contributed by atoms with E-state index in [0.29, 0.717) is 5.56 Å². The van der Waals surface area contributed by atoms with Gasteiger partial charge >= 0.3 is 11.9 Å². The minimum atomic E-state index is -1.09. The van der Waals surface area contributed by atoms with Gasteiger partial charge in [0.25, 0.3) is 0 Å². The standard InChI is InChI=1S/C15H18O4S/c1-15(2)5-6-20-12-4-3-9(7-11(12)15)10(14(18)19)8-13(16)17/h3-4,7,10H,5-6,8H2,1-2H3,(H,16,17)(H,18,19)/t10-/m0/s1. The lowest BCUT2D eigenvalue weighted by Gasteiger charge is -2.32. The zero-order valence-electron chi connectivity index (χ0n) is 11.5. The lowest BCUT2D eigenvalue weighted by atomic mass is 9.80. The summed E-state index contributed by atoms with van der Waals surface area (Å²) in [5, 5.41) is 18.1. The van der Waals surface area contributed by atoms with Crippen molar-refractivity contribution in [3.05, 3.63) is 29.3 Å². The number of aliphatic carboxylic acids is 2. The van der Waals surface area contributed by atoms with Crippen molar-refractivity contribution in [1.82, 2.24) is 0 Å². The highest BCUT2D eigenvalue weighted by Crippen LogP contribution is 2.42. The summed E-state index contributed by atoms with van der Waals surface area (Å²) in [6, 6.07) is 5.55. The lowest BCUT2D eigenvalue weighted by Crippen LogP contribution is -2.24. The number of benzene rings is 1. The van der Waals surface area contributed by atoms with Gasteiger partial charge in [-0.1, -0.05) is 26.0 Å². The molecule has 0 saturated heterocycles. The van der Waals surface area contributed by atoms with E-state index in [1.807, 2.05) is 12.1 Å². The maximum Gasteiger partial charge on any atom is 0.311 e. The van der Waals surface area contributed by atoms with Crippen molar-refractivity contribution in [2.24, 2.45) is 0 Å². The first kappa shape index (κ1) is 14.9. The summed E-state index contributed by atoms with van der Waals surface area (Å²) in [7, 11) is 0. The van der Waals surface area contributed by atoms with Crippen molar-refractivity contribution in [2.45, 2.75) is 42.9 Å². The van der Waals surface area contributed by atoms with Gasteiger partial charge in [0.05, 0.1) is 12.3 Å². The number of hydrogen-bond donors (Lipinski definition) is 2. The lowest BCUT2D eigenvalue weighted by molar-refractivity contribution is -0.145. The highest BCUT2D eigenvalue weighted by atomic mass is 32.2. The summed E-state index contributed by atoms with van der Waals surface area (Å²) in [5.74, 6) is -2.12. The van der Waals surface area contributed by atoms with Gasteiger partial charge in [-0.15, -0.1) is 11.8 Å². The predicted octanol–water partition coefficient (Wildman–Crippen LogP) is 3.10. The van der Waals surface area contributed by atoms with Crippen LogP contribution in [-0.2, 0) is 15.0 Å². The third-order valence-corrected chi connectivity index (χ3v) is 4.87. The Balaban J connectivity index is 2.43. The minimum Gasteiger partial charge on any atom is -0.481 e. The van der Waals surface area contributed by atoms with Crippen LogP contribution < -0.4 is 0 Å². The van der Waals surface area contributed by atoms with Crippen molar-refractivity contribution < 1.29 is 19.8 Å². The molecule has 0 bridgehead atoms. The van der Waals surface area contributed by atoms with Crippen molar-refractivity contribution in [3.63, 3.8) is 0 Å². The Bertz CT molecular complexity index is 551. The van der Waals surface area contributed by atoms with Crippen LogP contribution in [0.15, 0.2) is 23.1 Å². The van der Waals surface area contributed by atoms with E-state index in [0.717, 1.165) is 17.7 Å². The first-order valence-electron chi connectivity index (χ1n) is 6.53. The Morgan fingerprint density at radius 3 is 2.65 bits per heavy atom. The van der Waals surface area contributed by atoms with Crippen LogP contribution in [0.2, 0.25) is 0 Å². The zero-order valence-corrected chi connectivity index (χ0v) is 12.4. The molecule has 20 heavy (non-hydrogen) atoms. The van der Waals surface area contributed by atoms with Crippen molar-refractivity contribution >= 4 is 23.7 Å². The van der Waals surface area contributed by atoms with Gasteiger partial charge in [0.2, 0.25) is 0 Å². The van der Waals surface area contributed by atoms with Crippen LogP contribution in [0, 0.1) is 0 Å². The molecule has 1 atom stereocenters. The highest BCUT2D eigenvalue weighted by molar-refractivity contribution is 7.99. The summed E-state index contributed by atoms with van der Waals surface area (Å²) in [6.07, 6.45) is 0.645. The van der Waals surface area contributed by atoms with Gasteiger partial charge in [0.1, 0.15) is 0 Å². The Morgan fingerprint density at radius 2 is 2.05 bits per heavy atom. The van der Waals surface area contributed by atoms with E-state index in [9.17, 15) is 14.7 Å². The Morgan fingerprint density at radius 1 is 1.35 bits per heavy atom. The average molecular weight is 294 g/mol. The molecule has 4 nitrogen and oxygen atoms in total. The molecule has 1 aliphatic heterocycles. The van der Waals surface area contributed by atoms with Crippen LogP contribution in [0.1, 0.15) is 43.7 Å². The normalized spacial score (nSPS) is 18.1. The van der Waals surface area contributed by atoms with Crippen LogP contribution in [0.25, 0.3) is 0 Å². The van der Waals surface area contributed by atoms with E-state index in [-0.39, 0.29) is 11.8 Å². The van der Waals surface area contributed by atoms with Gasteiger partial charge in [0, 0.05) is 4.90 Å². The second-order valence-electron chi connectivity index (χ2n) is 5.73. The number of rotatable bonds is 4. The first-order chi connectivity index (χ1) is 9.31. The minimum absolute atomic E-state index is 0.00285. The number of fused-ring (bicyclic) bond motifs is 1. The van der Waals surface area contributed by atoms with Gasteiger partial charge in [-0.05, 0) is 34.8 Å². The smallest absolute Gasteiger partial charge is 0.311 e. The first-order valence-corrected chi connectivity index (χ1v) is 7.51. The SMILES string of the molecule is CC1(C)CCSc2ccc([C@H](CC(=O)O)C(=O)O)cc21. The van der Waals surface area contributed by atoms with Gasteiger partial charge in [-0.3, -0.25) is 9.59 Å². The summed E-state index contributed by atoms with van der Waals surface area (Å²) < 4.78 is 0. The number of carbonyl (C=O) groups is 2. The fourth-order valence-corrected chi connectivity index (χ4v) is 3.98. The highest BCUT2D eigenvalue weighted by Gasteiger charge is 2.30. The van der Waals surface area contributed by atoms with Gasteiger partial charge in [0.15, 0.2) is 0 Å². The Labute approximate surface area is 122 Å². The van der Waals surface area contributed by atoms with Gasteiger partial charge < -0.3 is 10.2 Å². The van der Waals surface area contributed by atoms with E-state index in [4.69, 9.17) is 5.11 Å². The zero-order chi connectivity index (χ0) is 14.9. The molecule has 0 saturated carbocycles. The summed E-state index contributed by atoms with van der Waals surface area (Å²) >= 11 is 1.77. The molecule has 0 amide bonds. The molecule has 5 heteroatoms. The van der Waals surface area contributed by atoms with Crippen LogP contribution in [0.5, 0.6) is 0 Å². The second kappa shape index (κ2) is 5.48. The fourth-order valence-electron chi connectivity index (χ4n) is 2.49. The quantitative estimate of drug-likeness (QED) is 0.892. The van der Waals surface area contributed by atoms with Gasteiger partial charge in [-0.2, -0.15) is 0 Å². The molecule has 2 rings (SSSR count). The molecule has 0 radical (unpaired) electrons. The van der Waals surface area contributed by atoms with Crippen LogP contribution in [0.3, 0.4) is 0 Å². The summed E-state index contributed by atoms with van der Waals surface area (Å²) in [4.78, 5) is 23.3. The van der Waals surface area contributed by atoms with Crippen LogP contribution in [-0.4, -0.2) is 27.9 Å². The van der Waals surface area contributed by atoms with Crippen LogP contribution in [0.4, 0.5) is 0 Å². The molecule has 0 aromatic heterocycles. The maximum atomic E-state index is 11.3. The van der Waals surface area contributed by atoms with E-state index in [2.05, 4.69) is 13.8 Å². The molecule has 108 valence electrons. The third-order valence-electron chi connectivity index (χ3n) is 3.80. The molecule has 0 aliphatic carbocycles. The summed E-state index contributed by atoms with van der Waals surface area (Å²) in [6.45, 7) is 4.28. The number of carboxylic acid groups (broad SMARTS) is 2. The molecule has 0 fully saturated rings. The molecule has 1 aromatic rings. The summed E-state index contributed by atoms with van der Waals surface area (Å²) in [5.41, 5.74) is 1.71. The number of thioether (sulfide) groups is 1. The molecule has 1 aliphatic rings. The topological polar surface area (TPSA) is 74.6 Å². The maximum absolute atomic E-state index is 11.3. The molecular weight excluding hydrogens is 276 g/mol. The van der Waals surface area contributed by atoms with E-state index < -0.39 is 17.9 Å². The van der Waals surface area contributed by atoms with Gasteiger partial charge in [-0.25, -0.2) is 0 Å². The largest absolute Gasteiger partial charge is 0.481 e. The van der Waals surface area contributed by atoms with E-state index in [1.165, 1.54) is 4.90 Å². The molecule has 2 N–H and O–H groups in total. The Kier molecular flexibility index (Phi) is 4.09. The second-order valence-corrected chi connectivity index (χ2v) is 6.86. The molecule has 0 unspecified atom stereocenters. The predicted molar refractivity (Wildman–Crippen MR) is 77.4 cm³/mol. The number of hydrogen-bond acceptors (Lipinski definition) is 3. The average Bonchev–Trinajstić information content (AvgIpc) is 2.35. The molecular formula is C15H18O4S. The monoisotopic (exact) mass is 294 g/mol. The van der Waals surface area contributed by atoms with E-state index in [1.54, 1.807) is 17.8 Å². The molecule has 1 heterocycles. The van der Waals surface area contributed by atoms with Crippen molar-refractivity contribution in [1.29, 1.82) is 0 Å².